The van der Waals surface area contributed by atoms with Crippen molar-refractivity contribution in [2.75, 3.05) is 0 Å². The molecule has 0 saturated carbocycles. The quantitative estimate of drug-likeness (QED) is 0.148. The summed E-state index contributed by atoms with van der Waals surface area (Å²) in [6.45, 7) is 4.61. The highest BCUT2D eigenvalue weighted by atomic mass is 14.3. The molecule has 0 saturated heterocycles. The van der Waals surface area contributed by atoms with Gasteiger partial charge in [-0.1, -0.05) is 127 Å². The van der Waals surface area contributed by atoms with E-state index in [1.807, 2.05) is 0 Å². The minimum absolute atomic E-state index is 1.23. The Morgan fingerprint density at radius 3 is 1.00 bits per heavy atom. The summed E-state index contributed by atoms with van der Waals surface area (Å²) in [5.74, 6) is 0. The van der Waals surface area contributed by atoms with Gasteiger partial charge in [0.1, 0.15) is 0 Å². The average molecular weight is 451 g/mol. The van der Waals surface area contributed by atoms with Crippen LogP contribution in [0.25, 0.3) is 43.1 Å². The summed E-state index contributed by atoms with van der Waals surface area (Å²) in [6, 6.07) is 18.4. The summed E-state index contributed by atoms with van der Waals surface area (Å²) in [5, 5.41) is 12.5. The zero-order valence-electron chi connectivity index (χ0n) is 21.5. The first-order chi connectivity index (χ1) is 16.9. The van der Waals surface area contributed by atoms with Crippen molar-refractivity contribution in [1.82, 2.24) is 0 Å². The Bertz CT molecular complexity index is 1140. The molecule has 0 heteroatoms. The van der Waals surface area contributed by atoms with Crippen molar-refractivity contribution < 1.29 is 0 Å². The molecular formula is C34H42. The molecule has 0 aliphatic heterocycles. The van der Waals surface area contributed by atoms with Gasteiger partial charge in [-0.25, -0.2) is 0 Å². The van der Waals surface area contributed by atoms with Crippen LogP contribution >= 0.6 is 0 Å². The van der Waals surface area contributed by atoms with E-state index in [4.69, 9.17) is 0 Å². The molecule has 0 nitrogen and oxygen atoms in total. The number of benzene rings is 3. The van der Waals surface area contributed by atoms with Crippen LogP contribution in [0.2, 0.25) is 0 Å². The van der Waals surface area contributed by atoms with Crippen LogP contribution in [-0.4, -0.2) is 0 Å². The lowest BCUT2D eigenvalue weighted by Gasteiger charge is -2.27. The molecule has 34 heavy (non-hydrogen) atoms. The van der Waals surface area contributed by atoms with Crippen LogP contribution < -0.4 is 0 Å². The molecule has 0 aliphatic rings. The van der Waals surface area contributed by atoms with E-state index in [2.05, 4.69) is 62.4 Å². The van der Waals surface area contributed by atoms with Gasteiger partial charge >= 0.3 is 0 Å². The minimum atomic E-state index is 1.23. The molecule has 0 heterocycles. The highest BCUT2D eigenvalue weighted by molar-refractivity contribution is 6.38. The normalized spacial score (nSPS) is 12.3. The molecule has 0 spiro atoms. The molecule has 0 amide bonds. The standard InChI is InChI=1S/C34H42/c1-3-5-7-9-11-13-23-29-31-25-19-15-17-21-27(25)33(31)30(24-14-12-10-8-6-4-2)34-28-22-18-16-20-26(28)32(29)34/h15-22H,3-14,23-24H2,1-2H3. The second-order valence-electron chi connectivity index (χ2n) is 10.6. The Hall–Kier alpha value is -2.34. The summed E-state index contributed by atoms with van der Waals surface area (Å²) in [4.78, 5) is 0. The zero-order valence-corrected chi connectivity index (χ0v) is 21.5. The van der Waals surface area contributed by atoms with E-state index in [1.54, 1.807) is 32.7 Å². The van der Waals surface area contributed by atoms with Gasteiger partial charge in [0.05, 0.1) is 0 Å². The summed E-state index contributed by atoms with van der Waals surface area (Å²) in [5.41, 5.74) is 3.31. The highest BCUT2D eigenvalue weighted by Gasteiger charge is 2.25. The molecule has 5 rings (SSSR count). The van der Waals surface area contributed by atoms with Gasteiger partial charge < -0.3 is 0 Å². The van der Waals surface area contributed by atoms with Crippen molar-refractivity contribution >= 4 is 43.1 Å². The van der Waals surface area contributed by atoms with Gasteiger partial charge in [-0.3, -0.25) is 0 Å². The van der Waals surface area contributed by atoms with Crippen molar-refractivity contribution in [3.8, 4) is 0 Å². The third-order valence-corrected chi connectivity index (χ3v) is 8.20. The number of rotatable bonds is 14. The zero-order chi connectivity index (χ0) is 23.3. The monoisotopic (exact) mass is 450 g/mol. The molecule has 0 atom stereocenters. The van der Waals surface area contributed by atoms with Gasteiger partial charge in [-0.15, -0.1) is 0 Å². The van der Waals surface area contributed by atoms with Gasteiger partial charge in [-0.05, 0) is 79.9 Å². The molecule has 0 radical (unpaired) electrons. The maximum atomic E-state index is 2.37. The maximum absolute atomic E-state index is 2.37. The lowest BCUT2D eigenvalue weighted by molar-refractivity contribution is 0.608. The molecule has 5 aromatic carbocycles. The Kier molecular flexibility index (Phi) is 7.53. The molecule has 5 aromatic rings. The molecule has 0 aliphatic carbocycles. The van der Waals surface area contributed by atoms with Crippen LogP contribution in [0.5, 0.6) is 0 Å². The number of hydrogen-bond donors (Lipinski definition) is 0. The van der Waals surface area contributed by atoms with Gasteiger partial charge in [-0.2, -0.15) is 0 Å². The first-order valence-corrected chi connectivity index (χ1v) is 14.3. The second-order valence-corrected chi connectivity index (χ2v) is 10.6. The average Bonchev–Trinajstić information content (AvgIpc) is 2.84. The Labute approximate surface area is 206 Å². The van der Waals surface area contributed by atoms with Crippen molar-refractivity contribution in [1.29, 1.82) is 0 Å². The fourth-order valence-electron chi connectivity index (χ4n) is 6.42. The van der Waals surface area contributed by atoms with Gasteiger partial charge in [0.2, 0.25) is 0 Å². The minimum Gasteiger partial charge on any atom is -0.0654 e. The topological polar surface area (TPSA) is 0 Å². The van der Waals surface area contributed by atoms with Crippen molar-refractivity contribution in [2.24, 2.45) is 0 Å². The van der Waals surface area contributed by atoms with E-state index in [1.165, 1.54) is 111 Å². The van der Waals surface area contributed by atoms with E-state index in [9.17, 15) is 0 Å². The highest BCUT2D eigenvalue weighted by Crippen LogP contribution is 2.50. The molecule has 0 bridgehead atoms. The molecule has 0 unspecified atom stereocenters. The fraction of sp³-hybridized carbons (Fsp3) is 0.471. The van der Waals surface area contributed by atoms with E-state index in [0.717, 1.165) is 0 Å². The van der Waals surface area contributed by atoms with Crippen LogP contribution in [0, 0.1) is 0 Å². The molecule has 0 aromatic heterocycles. The first kappa shape index (κ1) is 23.4. The number of unbranched alkanes of at least 4 members (excludes halogenated alkanes) is 10. The second kappa shape index (κ2) is 10.9. The SMILES string of the molecule is CCCCCCCCc1c2c3ccccc3c2c(CCCCCCCC)c2c3ccccc3c12. The van der Waals surface area contributed by atoms with Gasteiger partial charge in [0.25, 0.3) is 0 Å². The molecule has 178 valence electrons. The number of hydrogen-bond acceptors (Lipinski definition) is 0. The van der Waals surface area contributed by atoms with Crippen molar-refractivity contribution in [2.45, 2.75) is 104 Å². The van der Waals surface area contributed by atoms with Crippen LogP contribution in [0.3, 0.4) is 0 Å². The smallest absolute Gasteiger partial charge is 0.00574 e. The van der Waals surface area contributed by atoms with E-state index >= 15 is 0 Å². The number of fused-ring (bicyclic) bond motifs is 8. The summed E-state index contributed by atoms with van der Waals surface area (Å²) in [6.07, 6.45) is 18.9. The molecule has 0 N–H and O–H groups in total. The van der Waals surface area contributed by atoms with Crippen LogP contribution in [0.1, 0.15) is 102 Å². The molecular weight excluding hydrogens is 408 g/mol. The first-order valence-electron chi connectivity index (χ1n) is 14.3. The van der Waals surface area contributed by atoms with E-state index in [0.29, 0.717) is 0 Å². The lowest BCUT2D eigenvalue weighted by atomic mass is 9.76. The molecule has 0 fully saturated rings. The predicted molar refractivity (Wildman–Crippen MR) is 153 cm³/mol. The number of aryl methyl sites for hydroxylation is 2. The van der Waals surface area contributed by atoms with E-state index in [-0.39, 0.29) is 0 Å². The van der Waals surface area contributed by atoms with Gasteiger partial charge in [0, 0.05) is 0 Å². The van der Waals surface area contributed by atoms with Crippen molar-refractivity contribution in [3.05, 3.63) is 59.7 Å². The van der Waals surface area contributed by atoms with Crippen LogP contribution in [-0.2, 0) is 12.8 Å². The Balaban J connectivity index is 1.52. The summed E-state index contributed by atoms with van der Waals surface area (Å²) < 4.78 is 0. The fourth-order valence-corrected chi connectivity index (χ4v) is 6.42. The van der Waals surface area contributed by atoms with E-state index < -0.39 is 0 Å². The largest absolute Gasteiger partial charge is 0.0654 e. The van der Waals surface area contributed by atoms with Crippen LogP contribution in [0.4, 0.5) is 0 Å². The third kappa shape index (κ3) is 4.26. The Morgan fingerprint density at radius 2 is 0.676 bits per heavy atom. The van der Waals surface area contributed by atoms with Gasteiger partial charge in [0.15, 0.2) is 0 Å². The van der Waals surface area contributed by atoms with Crippen molar-refractivity contribution in [3.63, 3.8) is 0 Å². The summed E-state index contributed by atoms with van der Waals surface area (Å²) >= 11 is 0. The lowest BCUT2D eigenvalue weighted by Crippen LogP contribution is -2.04. The Morgan fingerprint density at radius 1 is 0.382 bits per heavy atom. The van der Waals surface area contributed by atoms with Crippen LogP contribution in [0.15, 0.2) is 48.5 Å². The third-order valence-electron chi connectivity index (χ3n) is 8.20. The predicted octanol–water partition coefficient (Wildman–Crippen LogP) is 11.0. The summed E-state index contributed by atoms with van der Waals surface area (Å²) in [7, 11) is 0. The maximum Gasteiger partial charge on any atom is -0.00574 e.